The number of aromatic nitrogens is 4. The molecule has 0 fully saturated rings. The molecule has 0 aliphatic rings. The first-order valence-electron chi connectivity index (χ1n) is 8.82. The quantitative estimate of drug-likeness (QED) is 0.405. The van der Waals surface area contributed by atoms with Crippen LogP contribution in [0.4, 0.5) is 5.13 Å². The Morgan fingerprint density at radius 1 is 1.10 bits per heavy atom. The van der Waals surface area contributed by atoms with Crippen molar-refractivity contribution in [2.45, 2.75) is 6.54 Å². The second kappa shape index (κ2) is 8.72. The summed E-state index contributed by atoms with van der Waals surface area (Å²) >= 11 is 4.89. The molecule has 0 radical (unpaired) electrons. The zero-order chi connectivity index (χ0) is 21.1. The van der Waals surface area contributed by atoms with Crippen molar-refractivity contribution in [3.8, 4) is 11.9 Å². The van der Waals surface area contributed by atoms with Gasteiger partial charge in [-0.3, -0.25) is 14.7 Å². The largest absolute Gasteiger partial charge is 0.481 e. The summed E-state index contributed by atoms with van der Waals surface area (Å²) in [7, 11) is 2.90. The highest BCUT2D eigenvalue weighted by atomic mass is 79.9. The maximum absolute atomic E-state index is 13.5. The van der Waals surface area contributed by atoms with Gasteiger partial charge in [0.15, 0.2) is 5.13 Å². The van der Waals surface area contributed by atoms with Crippen molar-refractivity contribution in [3.63, 3.8) is 0 Å². The molecular formula is C20H16BrN5O3S. The van der Waals surface area contributed by atoms with Crippen molar-refractivity contribution in [2.75, 3.05) is 19.1 Å². The van der Waals surface area contributed by atoms with Crippen LogP contribution < -0.4 is 14.4 Å². The molecule has 30 heavy (non-hydrogen) atoms. The van der Waals surface area contributed by atoms with Crippen LogP contribution in [0.25, 0.3) is 10.2 Å². The van der Waals surface area contributed by atoms with Crippen molar-refractivity contribution in [1.29, 1.82) is 0 Å². The predicted octanol–water partition coefficient (Wildman–Crippen LogP) is 4.11. The highest BCUT2D eigenvalue weighted by Crippen LogP contribution is 2.32. The van der Waals surface area contributed by atoms with Gasteiger partial charge >= 0.3 is 6.01 Å². The van der Waals surface area contributed by atoms with Crippen molar-refractivity contribution in [2.24, 2.45) is 0 Å². The molecule has 152 valence electrons. The summed E-state index contributed by atoms with van der Waals surface area (Å²) in [6.07, 6.45) is 1.68. The molecule has 0 aliphatic carbocycles. The summed E-state index contributed by atoms with van der Waals surface area (Å²) in [5.74, 6) is -0.131. The third-order valence-electron chi connectivity index (χ3n) is 4.15. The highest BCUT2D eigenvalue weighted by molar-refractivity contribution is 9.10. The summed E-state index contributed by atoms with van der Waals surface area (Å²) in [6.45, 7) is 0.231. The summed E-state index contributed by atoms with van der Waals surface area (Å²) < 4.78 is 12.2. The minimum atomic E-state index is -0.363. The van der Waals surface area contributed by atoms with Gasteiger partial charge in [0.25, 0.3) is 5.91 Å². The number of pyridine rings is 1. The number of amides is 1. The summed E-state index contributed by atoms with van der Waals surface area (Å²) in [5.41, 5.74) is 1.66. The lowest BCUT2D eigenvalue weighted by Gasteiger charge is -2.19. The molecule has 0 saturated carbocycles. The average Bonchev–Trinajstić information content (AvgIpc) is 3.20. The van der Waals surface area contributed by atoms with E-state index in [0.717, 1.165) is 20.4 Å². The summed E-state index contributed by atoms with van der Waals surface area (Å²) in [6, 6.07) is 12.9. The van der Waals surface area contributed by atoms with Gasteiger partial charge in [0, 0.05) is 16.7 Å². The van der Waals surface area contributed by atoms with Gasteiger partial charge in [-0.15, -0.1) is 0 Å². The Morgan fingerprint density at radius 2 is 1.97 bits per heavy atom. The number of thiazole rings is 1. The summed E-state index contributed by atoms with van der Waals surface area (Å²) in [4.78, 5) is 32.3. The number of carbonyl (C=O) groups is 1. The Labute approximate surface area is 184 Å². The Kier molecular flexibility index (Phi) is 5.86. The van der Waals surface area contributed by atoms with Gasteiger partial charge in [-0.2, -0.15) is 9.97 Å². The predicted molar refractivity (Wildman–Crippen MR) is 117 cm³/mol. The second-order valence-corrected chi connectivity index (χ2v) is 8.03. The van der Waals surface area contributed by atoms with E-state index < -0.39 is 0 Å². The maximum atomic E-state index is 13.5. The zero-order valence-corrected chi connectivity index (χ0v) is 18.5. The summed E-state index contributed by atoms with van der Waals surface area (Å²) in [5, 5.41) is 0.537. The van der Waals surface area contributed by atoms with E-state index in [2.05, 4.69) is 35.9 Å². The Bertz CT molecular complexity index is 1180. The van der Waals surface area contributed by atoms with E-state index >= 15 is 0 Å². The third kappa shape index (κ3) is 4.24. The van der Waals surface area contributed by atoms with E-state index in [-0.39, 0.29) is 30.0 Å². The van der Waals surface area contributed by atoms with Crippen LogP contribution in [0.1, 0.15) is 16.2 Å². The van der Waals surface area contributed by atoms with Gasteiger partial charge in [-0.05, 0) is 30.3 Å². The minimum absolute atomic E-state index is 0.0451. The number of methoxy groups -OCH3 is 2. The fraction of sp³-hybridized carbons (Fsp3) is 0.150. The Balaban J connectivity index is 1.79. The molecule has 4 aromatic rings. The number of benzene rings is 1. The van der Waals surface area contributed by atoms with Crippen LogP contribution >= 0.6 is 27.3 Å². The van der Waals surface area contributed by atoms with Gasteiger partial charge in [-0.25, -0.2) is 4.98 Å². The fourth-order valence-electron chi connectivity index (χ4n) is 2.73. The van der Waals surface area contributed by atoms with Crippen LogP contribution in [0.5, 0.6) is 11.9 Å². The average molecular weight is 486 g/mol. The zero-order valence-electron chi connectivity index (χ0n) is 16.1. The van der Waals surface area contributed by atoms with Crippen LogP contribution in [-0.2, 0) is 6.54 Å². The first-order valence-corrected chi connectivity index (χ1v) is 10.4. The molecule has 1 aromatic carbocycles. The normalized spacial score (nSPS) is 10.8. The maximum Gasteiger partial charge on any atom is 0.320 e. The van der Waals surface area contributed by atoms with Crippen molar-refractivity contribution < 1.29 is 14.3 Å². The van der Waals surface area contributed by atoms with E-state index in [1.54, 1.807) is 11.1 Å². The Hall–Kier alpha value is -3.11. The van der Waals surface area contributed by atoms with Gasteiger partial charge in [0.05, 0.1) is 36.7 Å². The van der Waals surface area contributed by atoms with Crippen molar-refractivity contribution in [1.82, 2.24) is 19.9 Å². The standard InChI is InChI=1S/C20H16BrN5O3S/c1-28-17-10-15(23-19(25-17)29-2)18(27)26(11-13-5-3-4-8-22-13)20-24-14-7-6-12(21)9-16(14)30-20/h3-10H,11H2,1-2H3. The van der Waals surface area contributed by atoms with Gasteiger partial charge in [0.1, 0.15) is 5.69 Å². The highest BCUT2D eigenvalue weighted by Gasteiger charge is 2.25. The van der Waals surface area contributed by atoms with Gasteiger partial charge in [-0.1, -0.05) is 33.3 Å². The first kappa shape index (κ1) is 20.2. The number of hydrogen-bond donors (Lipinski definition) is 0. The lowest BCUT2D eigenvalue weighted by atomic mass is 10.3. The molecule has 0 bridgehead atoms. The first-order chi connectivity index (χ1) is 14.6. The molecule has 4 rings (SSSR count). The van der Waals surface area contributed by atoms with E-state index in [4.69, 9.17) is 9.47 Å². The number of fused-ring (bicyclic) bond motifs is 1. The molecule has 8 nitrogen and oxygen atoms in total. The molecular weight excluding hydrogens is 470 g/mol. The molecule has 0 atom stereocenters. The van der Waals surface area contributed by atoms with Crippen LogP contribution in [0.3, 0.4) is 0 Å². The lowest BCUT2D eigenvalue weighted by molar-refractivity contribution is 0.0978. The minimum Gasteiger partial charge on any atom is -0.481 e. The molecule has 0 saturated heterocycles. The third-order valence-corrected chi connectivity index (χ3v) is 5.69. The number of nitrogens with zero attached hydrogens (tertiary/aromatic N) is 5. The number of hydrogen-bond acceptors (Lipinski definition) is 8. The molecule has 10 heteroatoms. The fourth-order valence-corrected chi connectivity index (χ4v) is 4.24. The number of halogens is 1. The van der Waals surface area contributed by atoms with Crippen LogP contribution in [0.15, 0.2) is 53.1 Å². The van der Waals surface area contributed by atoms with Gasteiger partial charge < -0.3 is 9.47 Å². The van der Waals surface area contributed by atoms with E-state index in [9.17, 15) is 4.79 Å². The molecule has 1 amide bonds. The monoisotopic (exact) mass is 485 g/mol. The van der Waals surface area contributed by atoms with E-state index in [1.807, 2.05) is 36.4 Å². The topological polar surface area (TPSA) is 90.3 Å². The number of carbonyl (C=O) groups excluding carboxylic acids is 1. The van der Waals surface area contributed by atoms with Crippen molar-refractivity contribution in [3.05, 3.63) is 64.5 Å². The second-order valence-electron chi connectivity index (χ2n) is 6.10. The SMILES string of the molecule is COc1cc(C(=O)N(Cc2ccccn2)c2nc3ccc(Br)cc3s2)nc(OC)n1. The number of anilines is 1. The molecule has 0 N–H and O–H groups in total. The smallest absolute Gasteiger partial charge is 0.320 e. The Morgan fingerprint density at radius 3 is 2.70 bits per heavy atom. The molecule has 0 aliphatic heterocycles. The molecule has 0 unspecified atom stereocenters. The molecule has 3 heterocycles. The molecule has 3 aromatic heterocycles. The van der Waals surface area contributed by atoms with Crippen LogP contribution in [0, 0.1) is 0 Å². The van der Waals surface area contributed by atoms with Crippen LogP contribution in [-0.4, -0.2) is 40.1 Å². The van der Waals surface area contributed by atoms with Crippen molar-refractivity contribution >= 4 is 48.5 Å². The van der Waals surface area contributed by atoms with E-state index in [0.29, 0.717) is 5.13 Å². The number of rotatable bonds is 6. The van der Waals surface area contributed by atoms with Crippen LogP contribution in [0.2, 0.25) is 0 Å². The van der Waals surface area contributed by atoms with E-state index in [1.165, 1.54) is 31.6 Å². The number of ether oxygens (including phenoxy) is 2. The van der Waals surface area contributed by atoms with Gasteiger partial charge in [0.2, 0.25) is 5.88 Å². The lowest BCUT2D eigenvalue weighted by Crippen LogP contribution is -2.31. The molecule has 0 spiro atoms.